The number of rotatable bonds is 17. The van der Waals surface area contributed by atoms with Crippen LogP contribution in [0.4, 0.5) is 4.79 Å². The van der Waals surface area contributed by atoms with E-state index in [2.05, 4.69) is 9.97 Å². The molecular weight excluding hydrogens is 634 g/mol. The van der Waals surface area contributed by atoms with E-state index in [1.54, 1.807) is 24.3 Å². The second-order valence-electron chi connectivity index (χ2n) is 11.7. The number of aromatic amines is 1. The van der Waals surface area contributed by atoms with Crippen molar-refractivity contribution in [2.45, 2.75) is 38.8 Å². The Bertz CT molecular complexity index is 1750. The zero-order valence-electron chi connectivity index (χ0n) is 27.7. The molecule has 0 aliphatic rings. The molecule has 11 nitrogen and oxygen atoms in total. The number of H-pyrrole nitrogens is 1. The van der Waals surface area contributed by atoms with Gasteiger partial charge in [-0.25, -0.2) is 9.78 Å². The number of nitrogens with two attached hydrogens (primary N) is 1. The maximum Gasteiger partial charge on any atom is 0.423 e. The fourth-order valence-corrected chi connectivity index (χ4v) is 5.11. The van der Waals surface area contributed by atoms with Crippen LogP contribution in [-0.4, -0.2) is 63.4 Å². The van der Waals surface area contributed by atoms with Gasteiger partial charge in [0.1, 0.15) is 19.0 Å². The Morgan fingerprint density at radius 1 is 0.740 bits per heavy atom. The monoisotopic (exact) mass is 675 g/mol. The van der Waals surface area contributed by atoms with Crippen molar-refractivity contribution < 1.29 is 28.6 Å². The van der Waals surface area contributed by atoms with E-state index in [0.29, 0.717) is 54.8 Å². The number of hydrogen-bond acceptors (Lipinski definition) is 9. The fraction of sp³-hybridized carbons (Fsp3) is 0.231. The Labute approximate surface area is 291 Å². The van der Waals surface area contributed by atoms with Crippen LogP contribution in [0.1, 0.15) is 27.9 Å². The zero-order chi connectivity index (χ0) is 35.0. The van der Waals surface area contributed by atoms with Crippen LogP contribution in [0.25, 0.3) is 0 Å². The molecule has 0 spiro atoms. The Hall–Kier alpha value is -5.62. The van der Waals surface area contributed by atoms with Crippen LogP contribution in [-0.2, 0) is 51.8 Å². The van der Waals surface area contributed by atoms with E-state index >= 15 is 0 Å². The highest BCUT2D eigenvalue weighted by molar-refractivity contribution is 6.10. The van der Waals surface area contributed by atoms with E-state index in [9.17, 15) is 14.4 Å². The number of carbonyl (C=O) groups excluding carboxylic acids is 3. The molecule has 0 saturated carbocycles. The second-order valence-corrected chi connectivity index (χ2v) is 11.7. The van der Waals surface area contributed by atoms with Gasteiger partial charge in [0.2, 0.25) is 0 Å². The van der Waals surface area contributed by atoms with Gasteiger partial charge in [0.15, 0.2) is 0 Å². The summed E-state index contributed by atoms with van der Waals surface area (Å²) in [7, 11) is 0. The van der Waals surface area contributed by atoms with E-state index in [1.807, 2.05) is 95.9 Å². The summed E-state index contributed by atoms with van der Waals surface area (Å²) in [6.45, 7) is 1.41. The molecule has 5 rings (SSSR count). The van der Waals surface area contributed by atoms with Crippen molar-refractivity contribution in [2.24, 2.45) is 5.73 Å². The molecule has 3 amide bonds. The number of amides is 3. The van der Waals surface area contributed by atoms with Crippen LogP contribution in [0.15, 0.2) is 128 Å². The van der Waals surface area contributed by atoms with Gasteiger partial charge in [0.05, 0.1) is 32.1 Å². The van der Waals surface area contributed by atoms with Crippen LogP contribution < -0.4 is 10.5 Å². The Balaban J connectivity index is 1.28. The molecule has 5 aromatic rings. The molecule has 0 bridgehead atoms. The molecule has 0 saturated heterocycles. The van der Waals surface area contributed by atoms with E-state index in [1.165, 1.54) is 12.5 Å². The molecule has 4 aromatic carbocycles. The summed E-state index contributed by atoms with van der Waals surface area (Å²) in [4.78, 5) is 50.1. The second kappa shape index (κ2) is 18.8. The molecule has 1 heterocycles. The van der Waals surface area contributed by atoms with Crippen molar-refractivity contribution in [2.75, 3.05) is 19.7 Å². The molecule has 258 valence electrons. The van der Waals surface area contributed by atoms with E-state index in [0.717, 1.165) is 16.7 Å². The molecule has 0 unspecified atom stereocenters. The first-order valence-corrected chi connectivity index (χ1v) is 16.3. The highest BCUT2D eigenvalue weighted by atomic mass is 16.6. The number of aromatic nitrogens is 2. The van der Waals surface area contributed by atoms with Gasteiger partial charge in [-0.15, -0.1) is 0 Å². The summed E-state index contributed by atoms with van der Waals surface area (Å²) in [6, 6.07) is 35.0. The Morgan fingerprint density at radius 2 is 1.34 bits per heavy atom. The van der Waals surface area contributed by atoms with Crippen molar-refractivity contribution in [3.63, 3.8) is 0 Å². The smallest absolute Gasteiger partial charge is 0.423 e. The maximum atomic E-state index is 13.9. The predicted molar refractivity (Wildman–Crippen MR) is 187 cm³/mol. The quantitative estimate of drug-likeness (QED) is 0.126. The molecule has 3 N–H and O–H groups in total. The van der Waals surface area contributed by atoms with Gasteiger partial charge in [-0.1, -0.05) is 103 Å². The van der Waals surface area contributed by atoms with Gasteiger partial charge in [-0.2, -0.15) is 4.90 Å². The van der Waals surface area contributed by atoms with Gasteiger partial charge in [0.25, 0.3) is 11.8 Å². The van der Waals surface area contributed by atoms with Gasteiger partial charge in [0, 0.05) is 31.4 Å². The van der Waals surface area contributed by atoms with Crippen LogP contribution in [0, 0.1) is 0 Å². The number of benzene rings is 4. The highest BCUT2D eigenvalue weighted by Gasteiger charge is 2.34. The summed E-state index contributed by atoms with van der Waals surface area (Å²) in [5.74, 6) is -0.933. The van der Waals surface area contributed by atoms with Crippen molar-refractivity contribution in [3.8, 4) is 5.75 Å². The lowest BCUT2D eigenvalue weighted by Gasteiger charge is -2.26. The molecule has 1 atom stereocenters. The average molecular weight is 676 g/mol. The number of nitrogens with zero attached hydrogens (tertiary/aromatic N) is 3. The molecule has 0 fully saturated rings. The number of ether oxygens (including phenoxy) is 3. The number of imide groups is 3. The first kappa shape index (κ1) is 35.7. The average Bonchev–Trinajstić information content (AvgIpc) is 3.66. The topological polar surface area (TPSA) is 140 Å². The minimum absolute atomic E-state index is 0.0459. The molecule has 50 heavy (non-hydrogen) atoms. The largest absolute Gasteiger partial charge is 0.489 e. The fourth-order valence-electron chi connectivity index (χ4n) is 5.11. The molecular formula is C39H41N5O6. The minimum Gasteiger partial charge on any atom is -0.489 e. The lowest BCUT2D eigenvalue weighted by molar-refractivity contribution is -0.144. The lowest BCUT2D eigenvalue weighted by atomic mass is 10.1. The third kappa shape index (κ3) is 11.2. The third-order valence-electron chi connectivity index (χ3n) is 7.77. The summed E-state index contributed by atoms with van der Waals surface area (Å²) in [6.07, 6.45) is 1.94. The van der Waals surface area contributed by atoms with E-state index in [-0.39, 0.29) is 19.6 Å². The molecule has 1 aromatic heterocycles. The summed E-state index contributed by atoms with van der Waals surface area (Å²) < 4.78 is 17.3. The van der Waals surface area contributed by atoms with Crippen LogP contribution in [0.3, 0.4) is 0 Å². The van der Waals surface area contributed by atoms with Gasteiger partial charge >= 0.3 is 6.09 Å². The van der Waals surface area contributed by atoms with E-state index < -0.39 is 23.9 Å². The van der Waals surface area contributed by atoms with Gasteiger partial charge < -0.3 is 24.9 Å². The summed E-state index contributed by atoms with van der Waals surface area (Å²) in [5.41, 5.74) is 10.5. The van der Waals surface area contributed by atoms with Gasteiger partial charge in [-0.3, -0.25) is 14.5 Å². The SMILES string of the molecule is N[C@@H](Cc1cnc[nH]1)C(=O)N(C(=O)CN(CCOCc1ccccc1)Cc1ccc(OCc2ccccc2)cc1)C(=O)OCc1ccccc1. The number of nitrogens with one attached hydrogen (secondary N) is 1. The normalized spacial score (nSPS) is 11.6. The van der Waals surface area contributed by atoms with Crippen molar-refractivity contribution >= 4 is 17.9 Å². The maximum absolute atomic E-state index is 13.9. The number of imidazole rings is 1. The van der Waals surface area contributed by atoms with Crippen molar-refractivity contribution in [1.29, 1.82) is 0 Å². The van der Waals surface area contributed by atoms with Crippen LogP contribution in [0.5, 0.6) is 5.75 Å². The summed E-state index contributed by atoms with van der Waals surface area (Å²) >= 11 is 0. The number of hydrogen-bond donors (Lipinski definition) is 2. The zero-order valence-corrected chi connectivity index (χ0v) is 27.7. The highest BCUT2D eigenvalue weighted by Crippen LogP contribution is 2.17. The van der Waals surface area contributed by atoms with Crippen molar-refractivity contribution in [3.05, 3.63) is 156 Å². The van der Waals surface area contributed by atoms with Crippen molar-refractivity contribution in [1.82, 2.24) is 19.8 Å². The standard InChI is InChI=1S/C39H41N5O6/c40-36(22-34-23-41-29-42-34)38(46)44(39(47)50-28-33-14-8-3-9-15-33)37(45)25-43(20-21-48-26-31-10-4-1-5-11-31)24-30-16-18-35(19-17-30)49-27-32-12-6-2-7-13-32/h1-19,23,29,36H,20-22,24-28,40H2,(H,41,42)/t36-/m0/s1. The minimum atomic E-state index is -1.20. The molecule has 0 aliphatic heterocycles. The van der Waals surface area contributed by atoms with Crippen LogP contribution >= 0.6 is 0 Å². The Morgan fingerprint density at radius 3 is 1.94 bits per heavy atom. The molecule has 0 radical (unpaired) electrons. The molecule has 0 aliphatic carbocycles. The molecule has 11 heteroatoms. The predicted octanol–water partition coefficient (Wildman–Crippen LogP) is 5.27. The van der Waals surface area contributed by atoms with E-state index in [4.69, 9.17) is 19.9 Å². The first-order valence-electron chi connectivity index (χ1n) is 16.3. The third-order valence-corrected chi connectivity index (χ3v) is 7.77. The van der Waals surface area contributed by atoms with Gasteiger partial charge in [-0.05, 0) is 34.4 Å². The first-order chi connectivity index (χ1) is 24.4. The number of carbonyl (C=O) groups is 3. The van der Waals surface area contributed by atoms with Crippen LogP contribution in [0.2, 0.25) is 0 Å². The Kier molecular flexibility index (Phi) is 13.4. The summed E-state index contributed by atoms with van der Waals surface area (Å²) in [5, 5.41) is 0. The lowest BCUT2D eigenvalue weighted by Crippen LogP contribution is -2.53.